The van der Waals surface area contributed by atoms with E-state index in [1.807, 2.05) is 44.2 Å². The highest BCUT2D eigenvalue weighted by molar-refractivity contribution is 5.90. The van der Waals surface area contributed by atoms with E-state index in [0.29, 0.717) is 18.7 Å². The number of aliphatic hydroxyl groups is 1. The molecule has 1 saturated heterocycles. The van der Waals surface area contributed by atoms with E-state index in [1.165, 1.54) is 6.33 Å². The van der Waals surface area contributed by atoms with Gasteiger partial charge in [-0.2, -0.15) is 5.11 Å². The molecule has 2 heterocycles. The summed E-state index contributed by atoms with van der Waals surface area (Å²) in [5.74, 6) is -0.480. The van der Waals surface area contributed by atoms with Crippen molar-refractivity contribution in [1.29, 1.82) is 5.53 Å². The van der Waals surface area contributed by atoms with Crippen LogP contribution < -0.4 is 10.6 Å². The van der Waals surface area contributed by atoms with Gasteiger partial charge in [-0.3, -0.25) is 9.59 Å². The van der Waals surface area contributed by atoms with Gasteiger partial charge in [0.15, 0.2) is 0 Å². The predicted molar refractivity (Wildman–Crippen MR) is 131 cm³/mol. The van der Waals surface area contributed by atoms with Crippen LogP contribution in [0.3, 0.4) is 0 Å². The number of amides is 2. The minimum absolute atomic E-state index is 0.0276. The molecule has 1 fully saturated rings. The van der Waals surface area contributed by atoms with Gasteiger partial charge < -0.3 is 20.6 Å². The largest absolute Gasteiger partial charge is 0.394 e. The number of nitrogens with zero attached hydrogens (tertiary/aromatic N) is 4. The van der Waals surface area contributed by atoms with Crippen molar-refractivity contribution in [3.05, 3.63) is 60.3 Å². The van der Waals surface area contributed by atoms with Crippen LogP contribution >= 0.6 is 0 Å². The van der Waals surface area contributed by atoms with Crippen molar-refractivity contribution in [2.45, 2.75) is 51.7 Å². The molecule has 4 N–H and O–H groups in total. The third-order valence-corrected chi connectivity index (χ3v) is 6.11. The molecule has 2 aromatic rings. The lowest BCUT2D eigenvalue weighted by atomic mass is 10.0. The number of likely N-dealkylation sites (tertiary alicyclic amines) is 1. The molecule has 0 spiro atoms. The van der Waals surface area contributed by atoms with Crippen LogP contribution in [0.1, 0.15) is 45.2 Å². The number of aliphatic hydroxyl groups excluding tert-OH is 1. The van der Waals surface area contributed by atoms with Gasteiger partial charge in [-0.15, -0.1) is 0 Å². The number of aromatic nitrogens is 2. The minimum atomic E-state index is -0.606. The zero-order valence-corrected chi connectivity index (χ0v) is 20.3. The minimum Gasteiger partial charge on any atom is -0.394 e. The summed E-state index contributed by atoms with van der Waals surface area (Å²) >= 11 is 0. The molecule has 0 bridgehead atoms. The second kappa shape index (κ2) is 12.2. The summed E-state index contributed by atoms with van der Waals surface area (Å²) in [4.78, 5) is 36.3. The molecule has 0 unspecified atom stereocenters. The number of rotatable bonds is 10. The fraction of sp³-hybridized carbons (Fsp3) is 0.440. The van der Waals surface area contributed by atoms with E-state index in [4.69, 9.17) is 5.53 Å². The molecule has 3 atom stereocenters. The first-order valence-corrected chi connectivity index (χ1v) is 11.7. The van der Waals surface area contributed by atoms with E-state index in [-0.39, 0.29) is 24.3 Å². The smallest absolute Gasteiger partial charge is 0.245 e. The maximum Gasteiger partial charge on any atom is 0.245 e. The lowest BCUT2D eigenvalue weighted by molar-refractivity contribution is -0.141. The molecule has 35 heavy (non-hydrogen) atoms. The van der Waals surface area contributed by atoms with Crippen molar-refractivity contribution in [2.24, 2.45) is 11.0 Å². The molecule has 10 nitrogen and oxygen atoms in total. The van der Waals surface area contributed by atoms with Crippen LogP contribution in [0.4, 0.5) is 0 Å². The fourth-order valence-electron chi connectivity index (χ4n) is 4.12. The summed E-state index contributed by atoms with van der Waals surface area (Å²) in [6, 6.07) is 7.54. The van der Waals surface area contributed by atoms with Crippen molar-refractivity contribution in [3.63, 3.8) is 0 Å². The highest BCUT2D eigenvalue weighted by Gasteiger charge is 2.38. The lowest BCUT2D eigenvalue weighted by Crippen LogP contribution is -2.53. The Hall–Kier alpha value is -3.66. The van der Waals surface area contributed by atoms with Crippen molar-refractivity contribution in [2.75, 3.05) is 13.2 Å². The first kappa shape index (κ1) is 26.0. The van der Waals surface area contributed by atoms with E-state index in [9.17, 15) is 14.7 Å². The molecule has 1 aliphatic heterocycles. The average Bonchev–Trinajstić information content (AvgIpc) is 3.37. The summed E-state index contributed by atoms with van der Waals surface area (Å²) in [7, 11) is 0. The molecule has 3 rings (SSSR count). The zero-order valence-electron chi connectivity index (χ0n) is 20.3. The summed E-state index contributed by atoms with van der Waals surface area (Å²) < 4.78 is 0. The van der Waals surface area contributed by atoms with Crippen LogP contribution in [0.5, 0.6) is 0 Å². The maximum atomic E-state index is 13.3. The van der Waals surface area contributed by atoms with Crippen molar-refractivity contribution in [1.82, 2.24) is 25.5 Å². The molecule has 0 aliphatic carbocycles. The summed E-state index contributed by atoms with van der Waals surface area (Å²) in [5, 5.41) is 19.3. The topological polar surface area (TPSA) is 144 Å². The quantitative estimate of drug-likeness (QED) is 0.386. The van der Waals surface area contributed by atoms with Crippen LogP contribution in [-0.4, -0.2) is 57.0 Å². The van der Waals surface area contributed by atoms with Gasteiger partial charge in [-0.25, -0.2) is 15.5 Å². The number of nitrogens with one attached hydrogen (secondary N) is 3. The first-order valence-electron chi connectivity index (χ1n) is 11.7. The molecule has 1 aromatic heterocycles. The number of carbonyl (C=O) groups is 2. The Balaban J connectivity index is 1.70. The van der Waals surface area contributed by atoms with Crippen LogP contribution in [0.25, 0.3) is 11.3 Å². The van der Waals surface area contributed by atoms with Gasteiger partial charge in [0.25, 0.3) is 0 Å². The Bertz CT molecular complexity index is 1040. The zero-order chi connectivity index (χ0) is 25.4. The first-order chi connectivity index (χ1) is 16.8. The Kier molecular flexibility index (Phi) is 9.02. The average molecular weight is 480 g/mol. The van der Waals surface area contributed by atoms with Crippen LogP contribution in [-0.2, 0) is 9.59 Å². The van der Waals surface area contributed by atoms with Gasteiger partial charge in [0.2, 0.25) is 11.8 Å². The molecule has 0 radical (unpaired) electrons. The number of allylic oxidation sites excluding steroid dienone is 1. The second-order valence-corrected chi connectivity index (χ2v) is 8.94. The number of hydrogen-bond donors (Lipinski definition) is 4. The highest BCUT2D eigenvalue weighted by atomic mass is 16.3. The third kappa shape index (κ3) is 6.48. The third-order valence-electron chi connectivity index (χ3n) is 6.11. The van der Waals surface area contributed by atoms with E-state index >= 15 is 0 Å². The maximum absolute atomic E-state index is 13.3. The number of benzene rings is 1. The normalized spacial score (nSPS) is 17.7. The number of carbonyl (C=O) groups excluding carboxylic acids is 2. The standard InChI is InChI=1S/C25H33N7O3/c1-16(2)23(28-13-17(3)31-26)25(35)32-12-4-5-22(32)24(34)30-21(14-33)19-8-6-18(7-9-19)20-10-11-27-15-29-20/h6-11,13,15-16,21-23,26,28,33H,4-5,12,14H2,1-3H3,(H,30,34)/b17-13-,31-26?/t21-,22-,23-/m0/s1. The van der Waals surface area contributed by atoms with Gasteiger partial charge in [-0.1, -0.05) is 38.1 Å². The summed E-state index contributed by atoms with van der Waals surface area (Å²) in [6.07, 6.45) is 5.99. The monoisotopic (exact) mass is 479 g/mol. The second-order valence-electron chi connectivity index (χ2n) is 8.94. The van der Waals surface area contributed by atoms with Gasteiger partial charge >= 0.3 is 0 Å². The molecule has 10 heteroatoms. The van der Waals surface area contributed by atoms with Crippen molar-refractivity contribution >= 4 is 11.8 Å². The fourth-order valence-corrected chi connectivity index (χ4v) is 4.12. The number of hydrogen-bond acceptors (Lipinski definition) is 8. The van der Waals surface area contributed by atoms with E-state index in [2.05, 4.69) is 25.7 Å². The van der Waals surface area contributed by atoms with Crippen LogP contribution in [0.15, 0.2) is 59.9 Å². The van der Waals surface area contributed by atoms with Crippen molar-refractivity contribution in [3.8, 4) is 11.3 Å². The molecule has 186 valence electrons. The van der Waals surface area contributed by atoms with Gasteiger partial charge in [0, 0.05) is 24.5 Å². The molecule has 1 aliphatic rings. The predicted octanol–water partition coefficient (Wildman–Crippen LogP) is 2.79. The van der Waals surface area contributed by atoms with E-state index < -0.39 is 18.1 Å². The molecular weight excluding hydrogens is 446 g/mol. The Morgan fingerprint density at radius 1 is 1.29 bits per heavy atom. The molecule has 1 aromatic carbocycles. The Morgan fingerprint density at radius 3 is 2.63 bits per heavy atom. The van der Waals surface area contributed by atoms with Crippen LogP contribution in [0.2, 0.25) is 0 Å². The molecule has 2 amide bonds. The lowest BCUT2D eigenvalue weighted by Gasteiger charge is -2.31. The Morgan fingerprint density at radius 2 is 2.03 bits per heavy atom. The SMILES string of the molecule is C/C(=C/N[C@H](C(=O)N1CCC[C@H]1C(=O)N[C@@H](CO)c1ccc(-c2ccncn2)cc1)C(C)C)N=N. The van der Waals surface area contributed by atoms with E-state index in [1.54, 1.807) is 24.2 Å². The summed E-state index contributed by atoms with van der Waals surface area (Å²) in [6.45, 7) is 5.74. The van der Waals surface area contributed by atoms with Crippen LogP contribution in [0, 0.1) is 11.4 Å². The Labute approximate surface area is 205 Å². The van der Waals surface area contributed by atoms with Crippen molar-refractivity contribution < 1.29 is 14.7 Å². The highest BCUT2D eigenvalue weighted by Crippen LogP contribution is 2.23. The van der Waals surface area contributed by atoms with Gasteiger partial charge in [0.05, 0.1) is 24.0 Å². The van der Waals surface area contributed by atoms with Gasteiger partial charge in [0.1, 0.15) is 18.4 Å². The molecular formula is C25H33N7O3. The van der Waals surface area contributed by atoms with E-state index in [0.717, 1.165) is 23.2 Å². The molecule has 0 saturated carbocycles. The van der Waals surface area contributed by atoms with Gasteiger partial charge in [-0.05, 0) is 37.3 Å². The summed E-state index contributed by atoms with van der Waals surface area (Å²) in [5.41, 5.74) is 9.98.